The van der Waals surface area contributed by atoms with E-state index in [0.717, 1.165) is 17.7 Å². The summed E-state index contributed by atoms with van der Waals surface area (Å²) in [7, 11) is 1.59. The first-order valence-corrected chi connectivity index (χ1v) is 6.02. The molecule has 2 rings (SSSR count). The van der Waals surface area contributed by atoms with Crippen LogP contribution >= 0.6 is 0 Å². The molecule has 1 aromatic rings. The predicted molar refractivity (Wildman–Crippen MR) is 68.7 cm³/mol. The highest BCUT2D eigenvalue weighted by Gasteiger charge is 2.49. The lowest BCUT2D eigenvalue weighted by atomic mass is 9.79. The first-order valence-electron chi connectivity index (χ1n) is 6.02. The van der Waals surface area contributed by atoms with Crippen LogP contribution in [0.3, 0.4) is 0 Å². The monoisotopic (exact) mass is 247 g/mol. The topological polar surface area (TPSA) is 46.6 Å². The van der Waals surface area contributed by atoms with Crippen LogP contribution in [0.15, 0.2) is 24.3 Å². The summed E-state index contributed by atoms with van der Waals surface area (Å²) in [6.07, 6.45) is 0.857. The van der Waals surface area contributed by atoms with Gasteiger partial charge in [0.2, 0.25) is 5.91 Å². The van der Waals surface area contributed by atoms with E-state index in [0.29, 0.717) is 0 Å². The zero-order valence-corrected chi connectivity index (χ0v) is 10.8. The van der Waals surface area contributed by atoms with Crippen LogP contribution in [0.5, 0.6) is 5.75 Å². The number of hydrogen-bond acceptors (Lipinski definition) is 3. The van der Waals surface area contributed by atoms with E-state index in [2.05, 4.69) is 0 Å². The van der Waals surface area contributed by atoms with Crippen molar-refractivity contribution in [3.63, 3.8) is 0 Å². The normalized spacial score (nSPS) is 22.9. The average Bonchev–Trinajstić information content (AvgIpc) is 2.36. The summed E-state index contributed by atoms with van der Waals surface area (Å²) < 4.78 is 5.07. The number of aldehydes is 1. The number of amides is 1. The van der Waals surface area contributed by atoms with Gasteiger partial charge in [-0.15, -0.1) is 0 Å². The molecule has 0 aliphatic carbocycles. The number of methoxy groups -OCH3 is 1. The number of carbonyl (C=O) groups excluding carboxylic acids is 2. The summed E-state index contributed by atoms with van der Waals surface area (Å²) in [4.78, 5) is 24.8. The number of anilines is 1. The molecule has 1 saturated heterocycles. The lowest BCUT2D eigenvalue weighted by Gasteiger charge is -2.46. The molecule has 18 heavy (non-hydrogen) atoms. The van der Waals surface area contributed by atoms with Crippen LogP contribution in [-0.2, 0) is 9.59 Å². The molecule has 0 spiro atoms. The molecule has 2 unspecified atom stereocenters. The molecule has 1 aliphatic rings. The molecule has 0 N–H and O–H groups in total. The van der Waals surface area contributed by atoms with Gasteiger partial charge in [0.05, 0.1) is 13.0 Å². The fourth-order valence-electron chi connectivity index (χ4n) is 2.40. The van der Waals surface area contributed by atoms with E-state index in [1.165, 1.54) is 0 Å². The lowest BCUT2D eigenvalue weighted by molar-refractivity contribution is -0.135. The van der Waals surface area contributed by atoms with Gasteiger partial charge in [0.15, 0.2) is 0 Å². The quantitative estimate of drug-likeness (QED) is 0.603. The predicted octanol–water partition coefficient (Wildman–Crippen LogP) is 1.88. The molecule has 4 nitrogen and oxygen atoms in total. The van der Waals surface area contributed by atoms with Gasteiger partial charge in [-0.05, 0) is 30.2 Å². The number of rotatable bonds is 4. The van der Waals surface area contributed by atoms with Crippen LogP contribution in [0, 0.1) is 11.8 Å². The summed E-state index contributed by atoms with van der Waals surface area (Å²) in [6, 6.07) is 6.82. The van der Waals surface area contributed by atoms with Crippen LogP contribution in [0.1, 0.15) is 13.8 Å². The van der Waals surface area contributed by atoms with E-state index in [-0.39, 0.29) is 23.8 Å². The molecule has 0 saturated carbocycles. The van der Waals surface area contributed by atoms with Gasteiger partial charge >= 0.3 is 0 Å². The highest BCUT2D eigenvalue weighted by atomic mass is 16.5. The molecule has 1 heterocycles. The van der Waals surface area contributed by atoms with Crippen molar-refractivity contribution in [3.8, 4) is 5.75 Å². The van der Waals surface area contributed by atoms with Crippen molar-refractivity contribution in [2.75, 3.05) is 12.0 Å². The van der Waals surface area contributed by atoms with Crippen molar-refractivity contribution in [2.24, 2.45) is 11.8 Å². The van der Waals surface area contributed by atoms with Gasteiger partial charge in [-0.2, -0.15) is 0 Å². The molecule has 1 aromatic carbocycles. The molecule has 1 amide bonds. The third kappa shape index (κ3) is 1.88. The second-order valence-electron chi connectivity index (χ2n) is 4.80. The Kier molecular flexibility index (Phi) is 3.36. The molecule has 4 heteroatoms. The van der Waals surface area contributed by atoms with E-state index in [1.807, 2.05) is 13.8 Å². The first-order chi connectivity index (χ1) is 8.60. The van der Waals surface area contributed by atoms with Gasteiger partial charge in [0.1, 0.15) is 18.1 Å². The van der Waals surface area contributed by atoms with Gasteiger partial charge in [0.25, 0.3) is 0 Å². The second-order valence-corrected chi connectivity index (χ2v) is 4.80. The highest BCUT2D eigenvalue weighted by molar-refractivity contribution is 6.08. The highest BCUT2D eigenvalue weighted by Crippen LogP contribution is 2.36. The Hall–Kier alpha value is -1.84. The van der Waals surface area contributed by atoms with Crippen molar-refractivity contribution in [1.29, 1.82) is 0 Å². The van der Waals surface area contributed by atoms with Crippen molar-refractivity contribution in [2.45, 2.75) is 19.9 Å². The fraction of sp³-hybridized carbons (Fsp3) is 0.429. The number of carbonyl (C=O) groups is 2. The number of nitrogens with zero attached hydrogens (tertiary/aromatic N) is 1. The SMILES string of the molecule is COc1ccc(N2C(=O)C(C(C)C)C2C=O)cc1. The molecular formula is C14H17NO3. The minimum absolute atomic E-state index is 0.0206. The fourth-order valence-corrected chi connectivity index (χ4v) is 2.40. The zero-order valence-electron chi connectivity index (χ0n) is 10.8. The van der Waals surface area contributed by atoms with E-state index >= 15 is 0 Å². The third-order valence-electron chi connectivity index (χ3n) is 3.40. The van der Waals surface area contributed by atoms with Crippen molar-refractivity contribution in [3.05, 3.63) is 24.3 Å². The van der Waals surface area contributed by atoms with Gasteiger partial charge in [-0.1, -0.05) is 13.8 Å². The second kappa shape index (κ2) is 4.80. The summed E-state index contributed by atoms with van der Waals surface area (Å²) in [5, 5.41) is 0. The number of benzene rings is 1. The Morgan fingerprint density at radius 2 is 1.89 bits per heavy atom. The maximum absolute atomic E-state index is 12.1. The average molecular weight is 247 g/mol. The van der Waals surface area contributed by atoms with Crippen LogP contribution in [-0.4, -0.2) is 25.3 Å². The molecule has 2 atom stereocenters. The van der Waals surface area contributed by atoms with Gasteiger partial charge in [-0.3, -0.25) is 4.79 Å². The maximum Gasteiger partial charge on any atom is 0.233 e. The molecule has 1 aliphatic heterocycles. The van der Waals surface area contributed by atoms with Crippen LogP contribution in [0.4, 0.5) is 5.69 Å². The Morgan fingerprint density at radius 3 is 2.33 bits per heavy atom. The molecule has 96 valence electrons. The van der Waals surface area contributed by atoms with E-state index in [4.69, 9.17) is 4.74 Å². The van der Waals surface area contributed by atoms with E-state index < -0.39 is 0 Å². The molecule has 0 bridgehead atoms. The van der Waals surface area contributed by atoms with Crippen molar-refractivity contribution < 1.29 is 14.3 Å². The minimum Gasteiger partial charge on any atom is -0.497 e. The standard InChI is InChI=1S/C14H17NO3/c1-9(2)13-12(8-16)15(14(13)17)10-4-6-11(18-3)7-5-10/h4-9,12-13H,1-3H3. The van der Waals surface area contributed by atoms with Crippen LogP contribution in [0.25, 0.3) is 0 Å². The molecular weight excluding hydrogens is 230 g/mol. The zero-order chi connectivity index (χ0) is 13.3. The number of hydrogen-bond donors (Lipinski definition) is 0. The maximum atomic E-state index is 12.1. The van der Waals surface area contributed by atoms with Crippen molar-refractivity contribution in [1.82, 2.24) is 0 Å². The summed E-state index contributed by atoms with van der Waals surface area (Å²) in [6.45, 7) is 3.93. The summed E-state index contributed by atoms with van der Waals surface area (Å²) >= 11 is 0. The van der Waals surface area contributed by atoms with Gasteiger partial charge in [-0.25, -0.2) is 0 Å². The smallest absolute Gasteiger partial charge is 0.233 e. The Morgan fingerprint density at radius 1 is 1.28 bits per heavy atom. The Bertz CT molecular complexity index is 453. The third-order valence-corrected chi connectivity index (χ3v) is 3.40. The van der Waals surface area contributed by atoms with Gasteiger partial charge < -0.3 is 14.4 Å². The van der Waals surface area contributed by atoms with Crippen molar-refractivity contribution >= 4 is 17.9 Å². The Labute approximate surface area is 107 Å². The van der Waals surface area contributed by atoms with Crippen LogP contribution < -0.4 is 9.64 Å². The van der Waals surface area contributed by atoms with Crippen LogP contribution in [0.2, 0.25) is 0 Å². The number of ether oxygens (including phenoxy) is 1. The van der Waals surface area contributed by atoms with E-state index in [9.17, 15) is 9.59 Å². The Balaban J connectivity index is 2.23. The molecule has 0 radical (unpaired) electrons. The first kappa shape index (κ1) is 12.6. The van der Waals surface area contributed by atoms with E-state index in [1.54, 1.807) is 36.3 Å². The largest absolute Gasteiger partial charge is 0.497 e. The summed E-state index contributed by atoms with van der Waals surface area (Å²) in [5.74, 6) is 0.744. The molecule has 1 fully saturated rings. The van der Waals surface area contributed by atoms with Gasteiger partial charge in [0, 0.05) is 5.69 Å². The minimum atomic E-state index is -0.342. The number of β-lactam (4-membered cyclic amide) rings is 1. The summed E-state index contributed by atoms with van der Waals surface area (Å²) in [5.41, 5.74) is 0.745. The molecule has 0 aromatic heterocycles. The lowest BCUT2D eigenvalue weighted by Crippen LogP contribution is -2.63.